The normalized spacial score (nSPS) is 10.6. The van der Waals surface area contributed by atoms with Gasteiger partial charge in [-0.1, -0.05) is 10.4 Å². The molecule has 1 N–H and O–H groups in total. The monoisotopic (exact) mass is 346 g/mol. The van der Waals surface area contributed by atoms with E-state index in [1.807, 2.05) is 0 Å². The molecule has 0 aliphatic heterocycles. The number of aromatic nitrogens is 5. The topological polar surface area (TPSA) is 108 Å². The van der Waals surface area contributed by atoms with Crippen molar-refractivity contribution < 1.29 is 18.4 Å². The summed E-state index contributed by atoms with van der Waals surface area (Å²) in [5.41, 5.74) is 0.464. The third-order valence-electron chi connectivity index (χ3n) is 3.13. The molecular weight excluding hydrogens is 331 g/mol. The Kier molecular flexibility index (Phi) is 4.97. The van der Waals surface area contributed by atoms with E-state index in [2.05, 4.69) is 25.8 Å². The minimum Gasteiger partial charge on any atom is -0.484 e. The largest absolute Gasteiger partial charge is 0.484 e. The summed E-state index contributed by atoms with van der Waals surface area (Å²) in [4.78, 5) is 15.8. The van der Waals surface area contributed by atoms with Crippen LogP contribution in [0.3, 0.4) is 0 Å². The molecule has 2 aromatic heterocycles. The van der Waals surface area contributed by atoms with Gasteiger partial charge in [-0.15, -0.1) is 5.10 Å². The second kappa shape index (κ2) is 7.51. The molecule has 3 rings (SSSR count). The number of carbonyl (C=O) groups excluding carboxylic acids is 1. The molecule has 0 bridgehead atoms. The Morgan fingerprint density at radius 3 is 2.88 bits per heavy atom. The number of carbonyl (C=O) groups is 1. The lowest BCUT2D eigenvalue weighted by Crippen LogP contribution is -2.31. The molecule has 0 radical (unpaired) electrons. The number of rotatable bonds is 7. The van der Waals surface area contributed by atoms with Crippen LogP contribution in [0.1, 0.15) is 5.82 Å². The number of benzene rings is 1. The van der Waals surface area contributed by atoms with Gasteiger partial charge in [0.05, 0.1) is 12.7 Å². The van der Waals surface area contributed by atoms with E-state index < -0.39 is 0 Å². The highest BCUT2D eigenvalue weighted by molar-refractivity contribution is 5.77. The lowest BCUT2D eigenvalue weighted by Gasteiger charge is -2.07. The lowest BCUT2D eigenvalue weighted by molar-refractivity contribution is -0.123. The Balaban J connectivity index is 1.41. The van der Waals surface area contributed by atoms with Crippen molar-refractivity contribution in [2.45, 2.75) is 13.5 Å². The van der Waals surface area contributed by atoms with Crippen molar-refractivity contribution in [2.24, 2.45) is 0 Å². The van der Waals surface area contributed by atoms with Gasteiger partial charge in [0.1, 0.15) is 11.6 Å². The average molecular weight is 346 g/mol. The van der Waals surface area contributed by atoms with Gasteiger partial charge in [0.25, 0.3) is 11.8 Å². The first kappa shape index (κ1) is 16.6. The smallest absolute Gasteiger partial charge is 0.280 e. The summed E-state index contributed by atoms with van der Waals surface area (Å²) in [5.74, 6) is 0.572. The molecule has 0 saturated carbocycles. The highest BCUT2D eigenvalue weighted by atomic mass is 19.1. The van der Waals surface area contributed by atoms with E-state index in [1.165, 1.54) is 24.3 Å². The van der Waals surface area contributed by atoms with Crippen molar-refractivity contribution in [3.63, 3.8) is 0 Å². The van der Waals surface area contributed by atoms with Crippen molar-refractivity contribution >= 4 is 5.91 Å². The zero-order valence-electron chi connectivity index (χ0n) is 13.3. The van der Waals surface area contributed by atoms with Crippen LogP contribution in [-0.4, -0.2) is 44.2 Å². The Bertz CT molecular complexity index is 845. The fourth-order valence-corrected chi connectivity index (χ4v) is 1.95. The van der Waals surface area contributed by atoms with Crippen LogP contribution in [0.15, 0.2) is 35.0 Å². The van der Waals surface area contributed by atoms with Crippen LogP contribution in [-0.2, 0) is 11.3 Å². The number of amides is 1. The molecule has 130 valence electrons. The number of aryl methyl sites for hydroxylation is 1. The third kappa shape index (κ3) is 4.59. The Hall–Kier alpha value is -3.30. The second-order valence-electron chi connectivity index (χ2n) is 5.11. The third-order valence-corrected chi connectivity index (χ3v) is 3.13. The fraction of sp³-hybridized carbons (Fsp3) is 0.267. The van der Waals surface area contributed by atoms with Crippen molar-refractivity contribution in [1.29, 1.82) is 0 Å². The zero-order chi connectivity index (χ0) is 17.6. The number of hydrogen-bond donors (Lipinski definition) is 1. The zero-order valence-corrected chi connectivity index (χ0v) is 13.3. The van der Waals surface area contributed by atoms with Crippen LogP contribution in [0.25, 0.3) is 11.6 Å². The highest BCUT2D eigenvalue weighted by Crippen LogP contribution is 2.12. The van der Waals surface area contributed by atoms with Crippen LogP contribution in [0.2, 0.25) is 0 Å². The van der Waals surface area contributed by atoms with Crippen LogP contribution >= 0.6 is 0 Å². The minimum atomic E-state index is -0.361. The van der Waals surface area contributed by atoms with Gasteiger partial charge < -0.3 is 14.6 Å². The summed E-state index contributed by atoms with van der Waals surface area (Å²) in [6.45, 7) is 2.32. The second-order valence-corrected chi connectivity index (χ2v) is 5.11. The van der Waals surface area contributed by atoms with E-state index in [9.17, 15) is 9.18 Å². The van der Waals surface area contributed by atoms with Gasteiger partial charge in [-0.3, -0.25) is 4.79 Å². The molecule has 0 unspecified atom stereocenters. The summed E-state index contributed by atoms with van der Waals surface area (Å²) in [7, 11) is 0. The van der Waals surface area contributed by atoms with Crippen molar-refractivity contribution in [3.8, 4) is 17.3 Å². The van der Waals surface area contributed by atoms with Gasteiger partial charge in [0.2, 0.25) is 0 Å². The van der Waals surface area contributed by atoms with Crippen LogP contribution in [0.4, 0.5) is 4.39 Å². The summed E-state index contributed by atoms with van der Waals surface area (Å²) in [5, 5.41) is 14.2. The molecule has 0 atom stereocenters. The first-order chi connectivity index (χ1) is 12.1. The quantitative estimate of drug-likeness (QED) is 0.679. The number of ether oxygens (including phenoxy) is 1. The van der Waals surface area contributed by atoms with E-state index in [1.54, 1.807) is 17.8 Å². The molecule has 0 fully saturated rings. The maximum absolute atomic E-state index is 12.8. The summed E-state index contributed by atoms with van der Waals surface area (Å²) < 4.78 is 24.6. The van der Waals surface area contributed by atoms with E-state index >= 15 is 0 Å². The number of halogens is 1. The van der Waals surface area contributed by atoms with Gasteiger partial charge in [0.15, 0.2) is 18.1 Å². The molecule has 9 nitrogen and oxygen atoms in total. The molecule has 0 aliphatic carbocycles. The molecule has 25 heavy (non-hydrogen) atoms. The Labute approximate surface area is 141 Å². The number of hydrogen-bond acceptors (Lipinski definition) is 7. The SMILES string of the molecule is Cc1noc(-c2cn(CCNC(=O)COc3ccc(F)cc3)nn2)n1. The molecule has 0 saturated heterocycles. The fourth-order valence-electron chi connectivity index (χ4n) is 1.95. The van der Waals surface area contributed by atoms with Crippen LogP contribution in [0, 0.1) is 12.7 Å². The molecule has 3 aromatic rings. The Morgan fingerprint density at radius 2 is 2.16 bits per heavy atom. The van der Waals surface area contributed by atoms with Gasteiger partial charge >= 0.3 is 0 Å². The summed E-state index contributed by atoms with van der Waals surface area (Å²) >= 11 is 0. The average Bonchev–Trinajstić information content (AvgIpc) is 3.23. The number of nitrogens with zero attached hydrogens (tertiary/aromatic N) is 5. The first-order valence-electron chi connectivity index (χ1n) is 7.46. The van der Waals surface area contributed by atoms with E-state index in [-0.39, 0.29) is 18.3 Å². The van der Waals surface area contributed by atoms with Crippen molar-refractivity contribution in [3.05, 3.63) is 42.1 Å². The summed E-state index contributed by atoms with van der Waals surface area (Å²) in [6, 6.07) is 5.44. The molecule has 2 heterocycles. The van der Waals surface area contributed by atoms with Crippen LogP contribution < -0.4 is 10.1 Å². The molecular formula is C15H15FN6O3. The van der Waals surface area contributed by atoms with Crippen molar-refractivity contribution in [2.75, 3.05) is 13.2 Å². The van der Waals surface area contributed by atoms with Gasteiger partial charge in [0, 0.05) is 6.54 Å². The molecule has 1 amide bonds. The van der Waals surface area contributed by atoms with Gasteiger partial charge in [-0.2, -0.15) is 4.98 Å². The van der Waals surface area contributed by atoms with Crippen molar-refractivity contribution in [1.82, 2.24) is 30.5 Å². The van der Waals surface area contributed by atoms with Gasteiger partial charge in [-0.05, 0) is 31.2 Å². The van der Waals surface area contributed by atoms with E-state index in [4.69, 9.17) is 9.26 Å². The summed E-state index contributed by atoms with van der Waals surface area (Å²) in [6.07, 6.45) is 1.65. The number of nitrogens with one attached hydrogen (secondary N) is 1. The standard InChI is InChI=1S/C15H15FN6O3/c1-10-18-15(25-20-10)13-8-22(21-19-13)7-6-17-14(23)9-24-12-4-2-11(16)3-5-12/h2-5,8H,6-7,9H2,1H3,(H,17,23). The maximum atomic E-state index is 12.8. The highest BCUT2D eigenvalue weighted by Gasteiger charge is 2.11. The minimum absolute atomic E-state index is 0.157. The predicted octanol–water partition coefficient (Wildman–Crippen LogP) is 0.971. The predicted molar refractivity (Wildman–Crippen MR) is 83.0 cm³/mol. The van der Waals surface area contributed by atoms with Crippen LogP contribution in [0.5, 0.6) is 5.75 Å². The molecule has 1 aromatic carbocycles. The maximum Gasteiger partial charge on any atom is 0.280 e. The lowest BCUT2D eigenvalue weighted by atomic mass is 10.3. The Morgan fingerprint density at radius 1 is 1.36 bits per heavy atom. The molecule has 0 spiro atoms. The molecule has 0 aliphatic rings. The molecule has 10 heteroatoms. The van der Waals surface area contributed by atoms with E-state index in [0.717, 1.165) is 0 Å². The van der Waals surface area contributed by atoms with E-state index in [0.29, 0.717) is 36.2 Å². The first-order valence-corrected chi connectivity index (χ1v) is 7.46. The van der Waals surface area contributed by atoms with Gasteiger partial charge in [-0.25, -0.2) is 9.07 Å².